The molecule has 0 aliphatic heterocycles. The first kappa shape index (κ1) is 27.6. The van der Waals surface area contributed by atoms with E-state index in [9.17, 15) is 13.2 Å². The Bertz CT molecular complexity index is 1150. The number of allylic oxidation sites excluding steroid dienone is 1. The predicted molar refractivity (Wildman–Crippen MR) is 144 cm³/mol. The molecule has 0 fully saturated rings. The largest absolute Gasteiger partial charge is 0.269 e. The second-order valence-electron chi connectivity index (χ2n) is 9.75. The molecule has 1 N–H and O–H groups in total. The van der Waals surface area contributed by atoms with Crippen LogP contribution < -0.4 is 4.72 Å². The second kappa shape index (κ2) is 11.7. The lowest BCUT2D eigenvalue weighted by Gasteiger charge is -2.38. The Morgan fingerprint density at radius 2 is 1.44 bits per heavy atom. The van der Waals surface area contributed by atoms with Gasteiger partial charge in [-0.2, -0.15) is 0 Å². The normalized spacial score (nSPS) is 12.6. The lowest BCUT2D eigenvalue weighted by atomic mass is 10.0. The average Bonchev–Trinajstić information content (AvgIpc) is 2.75. The zero-order valence-corrected chi connectivity index (χ0v) is 23.2. The van der Waals surface area contributed by atoms with E-state index in [0.29, 0.717) is 28.6 Å². The molecule has 0 bridgehead atoms. The molecule has 2 aromatic carbocycles. The molecule has 0 heterocycles. The maximum Gasteiger partial charge on any atom is 0.264 e. The summed E-state index contributed by atoms with van der Waals surface area (Å²) in [6.07, 6.45) is 1.91. The molecule has 2 aromatic rings. The molecule has 0 radical (unpaired) electrons. The molecule has 0 spiro atoms. The maximum atomic E-state index is 13.1. The van der Waals surface area contributed by atoms with Gasteiger partial charge in [0.05, 0.1) is 4.90 Å². The SMILES string of the molecule is Cc1ccc(S(=O)(=O)NC(=O)/C(=C\C#C[Si](C(C)C)(C(C)C)C(C)C)Cc2ccccc2)cc1. The Kier molecular flexibility index (Phi) is 9.49. The fraction of sp³-hybridized carbons (Fsp3) is 0.393. The summed E-state index contributed by atoms with van der Waals surface area (Å²) in [5.41, 5.74) is 7.15. The highest BCUT2D eigenvalue weighted by Crippen LogP contribution is 2.40. The van der Waals surface area contributed by atoms with Crippen LogP contribution in [0.1, 0.15) is 52.7 Å². The van der Waals surface area contributed by atoms with Crippen LogP contribution in [-0.4, -0.2) is 22.4 Å². The summed E-state index contributed by atoms with van der Waals surface area (Å²) in [6, 6.07) is 15.9. The molecular formula is C28H37NO3SSi. The molecule has 4 nitrogen and oxygen atoms in total. The Morgan fingerprint density at radius 1 is 0.912 bits per heavy atom. The Morgan fingerprint density at radius 3 is 1.94 bits per heavy atom. The third-order valence-corrected chi connectivity index (χ3v) is 14.1. The zero-order chi connectivity index (χ0) is 25.5. The molecule has 0 aliphatic rings. The summed E-state index contributed by atoms with van der Waals surface area (Å²) in [6.45, 7) is 15.3. The molecule has 0 aliphatic carbocycles. The van der Waals surface area contributed by atoms with Crippen LogP contribution in [0, 0.1) is 18.4 Å². The smallest absolute Gasteiger partial charge is 0.264 e. The van der Waals surface area contributed by atoms with E-state index in [2.05, 4.69) is 57.7 Å². The van der Waals surface area contributed by atoms with Gasteiger partial charge >= 0.3 is 0 Å². The van der Waals surface area contributed by atoms with Crippen molar-refractivity contribution in [2.24, 2.45) is 0 Å². The van der Waals surface area contributed by atoms with Gasteiger partial charge in [-0.3, -0.25) is 4.79 Å². The summed E-state index contributed by atoms with van der Waals surface area (Å²) in [4.78, 5) is 13.2. The van der Waals surface area contributed by atoms with Crippen molar-refractivity contribution in [3.63, 3.8) is 0 Å². The van der Waals surface area contributed by atoms with Crippen molar-refractivity contribution in [1.29, 1.82) is 0 Å². The molecule has 34 heavy (non-hydrogen) atoms. The van der Waals surface area contributed by atoms with Crippen molar-refractivity contribution in [3.8, 4) is 11.5 Å². The van der Waals surface area contributed by atoms with Crippen molar-refractivity contribution >= 4 is 24.0 Å². The van der Waals surface area contributed by atoms with Crippen LogP contribution in [0.3, 0.4) is 0 Å². The van der Waals surface area contributed by atoms with Gasteiger partial charge in [0.1, 0.15) is 8.07 Å². The molecule has 182 valence electrons. The topological polar surface area (TPSA) is 63.2 Å². The third kappa shape index (κ3) is 6.71. The minimum absolute atomic E-state index is 0.0578. The molecule has 0 saturated heterocycles. The first-order chi connectivity index (χ1) is 15.9. The van der Waals surface area contributed by atoms with Gasteiger partial charge in [0.25, 0.3) is 15.9 Å². The summed E-state index contributed by atoms with van der Waals surface area (Å²) in [5, 5.41) is 0. The highest BCUT2D eigenvalue weighted by molar-refractivity contribution is 7.90. The van der Waals surface area contributed by atoms with Crippen LogP contribution in [0.4, 0.5) is 0 Å². The van der Waals surface area contributed by atoms with Crippen LogP contribution in [0.25, 0.3) is 0 Å². The number of amides is 1. The maximum absolute atomic E-state index is 13.1. The fourth-order valence-electron chi connectivity index (χ4n) is 4.66. The van der Waals surface area contributed by atoms with E-state index >= 15 is 0 Å². The Hall–Kier alpha value is -2.62. The van der Waals surface area contributed by atoms with Crippen LogP contribution in [0.15, 0.2) is 71.1 Å². The monoisotopic (exact) mass is 495 g/mol. The molecule has 6 heteroatoms. The van der Waals surface area contributed by atoms with Crippen LogP contribution >= 0.6 is 0 Å². The molecule has 0 saturated carbocycles. The van der Waals surface area contributed by atoms with Crippen molar-refractivity contribution in [3.05, 3.63) is 77.4 Å². The van der Waals surface area contributed by atoms with E-state index in [4.69, 9.17) is 0 Å². The van der Waals surface area contributed by atoms with Crippen LogP contribution in [0.2, 0.25) is 16.6 Å². The first-order valence-electron chi connectivity index (χ1n) is 11.8. The standard InChI is InChI=1S/C28H37NO3SSi/c1-21(2)34(22(3)4,23(5)6)19-11-14-26(20-25-12-9-8-10-13-25)28(30)29-33(31,32)27-17-15-24(7)16-18-27/h8-10,12-18,21-23H,20H2,1-7H3,(H,29,30)/b26-14-. The predicted octanol–water partition coefficient (Wildman–Crippen LogP) is 6.19. The number of sulfonamides is 1. The first-order valence-corrected chi connectivity index (χ1v) is 15.5. The molecule has 0 aromatic heterocycles. The molecule has 0 atom stereocenters. The van der Waals surface area contributed by atoms with Crippen molar-refractivity contribution < 1.29 is 13.2 Å². The zero-order valence-electron chi connectivity index (χ0n) is 21.3. The van der Waals surface area contributed by atoms with Crippen LogP contribution in [-0.2, 0) is 21.2 Å². The fourth-order valence-corrected chi connectivity index (χ4v) is 10.8. The highest BCUT2D eigenvalue weighted by atomic mass is 32.2. The molecule has 2 rings (SSSR count). The Balaban J connectivity index is 2.46. The number of carbonyl (C=O) groups is 1. The van der Waals surface area contributed by atoms with Gasteiger partial charge in [-0.05, 0) is 47.3 Å². The van der Waals surface area contributed by atoms with E-state index < -0.39 is 24.0 Å². The van der Waals surface area contributed by atoms with Crippen LogP contribution in [0.5, 0.6) is 0 Å². The van der Waals surface area contributed by atoms with E-state index in [0.717, 1.165) is 11.1 Å². The number of nitrogens with one attached hydrogen (secondary N) is 1. The van der Waals surface area contributed by atoms with Gasteiger partial charge in [-0.15, -0.1) is 5.54 Å². The summed E-state index contributed by atoms with van der Waals surface area (Å²) < 4.78 is 27.9. The minimum atomic E-state index is -3.99. The van der Waals surface area contributed by atoms with Crippen molar-refractivity contribution in [2.45, 2.75) is 76.4 Å². The van der Waals surface area contributed by atoms with E-state index in [-0.39, 0.29) is 4.90 Å². The lowest BCUT2D eigenvalue weighted by Crippen LogP contribution is -2.43. The Labute approximate surface area is 206 Å². The van der Waals surface area contributed by atoms with Gasteiger partial charge in [-0.1, -0.05) is 95.5 Å². The highest BCUT2D eigenvalue weighted by Gasteiger charge is 2.41. The molecule has 1 amide bonds. The number of rotatable bonds is 8. The average molecular weight is 496 g/mol. The van der Waals surface area contributed by atoms with E-state index in [1.165, 1.54) is 12.1 Å². The number of carbonyl (C=O) groups excluding carboxylic acids is 1. The van der Waals surface area contributed by atoms with Gasteiger partial charge in [-0.25, -0.2) is 13.1 Å². The number of hydrogen-bond acceptors (Lipinski definition) is 3. The summed E-state index contributed by atoms with van der Waals surface area (Å²) in [5.74, 6) is 2.55. The van der Waals surface area contributed by atoms with E-state index in [1.54, 1.807) is 18.2 Å². The number of hydrogen-bond donors (Lipinski definition) is 1. The number of benzene rings is 2. The molecule has 0 unspecified atom stereocenters. The third-order valence-electron chi connectivity index (χ3n) is 6.49. The second-order valence-corrected chi connectivity index (χ2v) is 17.0. The van der Waals surface area contributed by atoms with Gasteiger partial charge in [0.2, 0.25) is 0 Å². The van der Waals surface area contributed by atoms with Crippen molar-refractivity contribution in [1.82, 2.24) is 4.72 Å². The van der Waals surface area contributed by atoms with Gasteiger partial charge in [0, 0.05) is 12.0 Å². The van der Waals surface area contributed by atoms with E-state index in [1.807, 2.05) is 37.3 Å². The summed E-state index contributed by atoms with van der Waals surface area (Å²) >= 11 is 0. The molecular weight excluding hydrogens is 458 g/mol. The summed E-state index contributed by atoms with van der Waals surface area (Å²) in [7, 11) is -5.97. The van der Waals surface area contributed by atoms with Gasteiger partial charge < -0.3 is 0 Å². The minimum Gasteiger partial charge on any atom is -0.269 e. The quantitative estimate of drug-likeness (QED) is 0.270. The number of aryl methyl sites for hydroxylation is 1. The van der Waals surface area contributed by atoms with Gasteiger partial charge in [0.15, 0.2) is 0 Å². The van der Waals surface area contributed by atoms with Crippen molar-refractivity contribution in [2.75, 3.05) is 0 Å². The lowest BCUT2D eigenvalue weighted by molar-refractivity contribution is -0.115.